The molecule has 0 unspecified atom stereocenters. The molecule has 1 aliphatic rings. The van der Waals surface area contributed by atoms with Crippen LogP contribution >= 0.6 is 11.6 Å². The Hall–Kier alpha value is -0.540. The topological polar surface area (TPSA) is 40.7 Å². The number of hydrogen-bond donors (Lipinski definition) is 2. The Balaban J connectivity index is 1.90. The molecule has 0 amide bonds. The Bertz CT molecular complexity index is 355. The maximum atomic E-state index is 6.09. The number of aromatic amines is 1. The van der Waals surface area contributed by atoms with E-state index in [0.717, 1.165) is 30.9 Å². The van der Waals surface area contributed by atoms with Crippen molar-refractivity contribution in [2.45, 2.75) is 58.0 Å². The Morgan fingerprint density at radius 1 is 1.50 bits per heavy atom. The second-order valence-electron chi connectivity index (χ2n) is 4.97. The lowest BCUT2D eigenvalue weighted by Crippen LogP contribution is -2.27. The van der Waals surface area contributed by atoms with Crippen molar-refractivity contribution in [3.8, 4) is 0 Å². The predicted octanol–water partition coefficient (Wildman–Crippen LogP) is 3.05. The van der Waals surface area contributed by atoms with Crippen molar-refractivity contribution in [3.63, 3.8) is 0 Å². The molecule has 2 rings (SSSR count). The van der Waals surface area contributed by atoms with Crippen LogP contribution in [0.25, 0.3) is 0 Å². The first-order valence-electron chi connectivity index (χ1n) is 6.11. The van der Waals surface area contributed by atoms with Crippen LogP contribution in [0, 0.1) is 0 Å². The molecular formula is C12H20ClN3. The minimum Gasteiger partial charge on any atom is -0.344 e. The van der Waals surface area contributed by atoms with Crippen molar-refractivity contribution < 1.29 is 0 Å². The first-order valence-corrected chi connectivity index (χ1v) is 6.49. The van der Waals surface area contributed by atoms with Crippen molar-refractivity contribution in [1.29, 1.82) is 0 Å². The van der Waals surface area contributed by atoms with Crippen LogP contribution in [-0.2, 0) is 13.0 Å². The van der Waals surface area contributed by atoms with E-state index in [4.69, 9.17) is 11.6 Å². The zero-order valence-electron chi connectivity index (χ0n) is 10.1. The zero-order valence-corrected chi connectivity index (χ0v) is 10.8. The third-order valence-corrected chi connectivity index (χ3v) is 3.55. The van der Waals surface area contributed by atoms with Gasteiger partial charge in [-0.3, -0.25) is 0 Å². The Morgan fingerprint density at radius 2 is 2.25 bits per heavy atom. The summed E-state index contributed by atoms with van der Waals surface area (Å²) in [5, 5.41) is 4.13. The van der Waals surface area contributed by atoms with Gasteiger partial charge in [0, 0.05) is 18.5 Å². The quantitative estimate of drug-likeness (QED) is 0.804. The molecule has 2 N–H and O–H groups in total. The van der Waals surface area contributed by atoms with Crippen molar-refractivity contribution in [3.05, 3.63) is 16.7 Å². The normalized spacial score (nSPS) is 17.7. The summed E-state index contributed by atoms with van der Waals surface area (Å²) >= 11 is 6.09. The van der Waals surface area contributed by atoms with Crippen LogP contribution in [0.15, 0.2) is 0 Å². The summed E-state index contributed by atoms with van der Waals surface area (Å²) < 4.78 is 0. The molecule has 1 aromatic rings. The molecule has 0 radical (unpaired) electrons. The maximum Gasteiger partial charge on any atom is 0.151 e. The second-order valence-corrected chi connectivity index (χ2v) is 5.33. The number of aryl methyl sites for hydroxylation is 1. The van der Waals surface area contributed by atoms with E-state index in [2.05, 4.69) is 29.1 Å². The number of unbranched alkanes of at least 4 members (excludes halogenated alkanes) is 1. The molecule has 90 valence electrons. The van der Waals surface area contributed by atoms with Crippen LogP contribution in [0.3, 0.4) is 0 Å². The highest BCUT2D eigenvalue weighted by atomic mass is 35.5. The molecule has 1 fully saturated rings. The third kappa shape index (κ3) is 2.98. The number of H-pyrrole nitrogens is 1. The molecule has 1 saturated carbocycles. The summed E-state index contributed by atoms with van der Waals surface area (Å²) in [7, 11) is 0. The maximum absolute atomic E-state index is 6.09. The van der Waals surface area contributed by atoms with Crippen LogP contribution in [0.1, 0.15) is 51.0 Å². The van der Waals surface area contributed by atoms with Gasteiger partial charge >= 0.3 is 0 Å². The van der Waals surface area contributed by atoms with Crippen molar-refractivity contribution in [2.24, 2.45) is 0 Å². The number of aromatic nitrogens is 2. The SMILES string of the molecule is CCCCc1nc(Cl)c(CNC2(C)CC2)[nH]1. The van der Waals surface area contributed by atoms with Gasteiger partial charge in [0.1, 0.15) is 5.82 Å². The summed E-state index contributed by atoms with van der Waals surface area (Å²) in [6, 6.07) is 0. The van der Waals surface area contributed by atoms with E-state index in [9.17, 15) is 0 Å². The number of halogens is 1. The van der Waals surface area contributed by atoms with Crippen molar-refractivity contribution in [1.82, 2.24) is 15.3 Å². The molecule has 0 saturated heterocycles. The van der Waals surface area contributed by atoms with Crippen molar-refractivity contribution >= 4 is 11.6 Å². The highest BCUT2D eigenvalue weighted by Gasteiger charge is 2.36. The molecule has 1 aliphatic carbocycles. The van der Waals surface area contributed by atoms with Gasteiger partial charge in [-0.2, -0.15) is 0 Å². The lowest BCUT2D eigenvalue weighted by Gasteiger charge is -2.09. The van der Waals surface area contributed by atoms with Crippen LogP contribution in [0.2, 0.25) is 5.15 Å². The summed E-state index contributed by atoms with van der Waals surface area (Å²) in [4.78, 5) is 7.65. The lowest BCUT2D eigenvalue weighted by molar-refractivity contribution is 0.532. The highest BCUT2D eigenvalue weighted by Crippen LogP contribution is 2.34. The highest BCUT2D eigenvalue weighted by molar-refractivity contribution is 6.30. The van der Waals surface area contributed by atoms with E-state index in [-0.39, 0.29) is 0 Å². The van der Waals surface area contributed by atoms with Gasteiger partial charge in [0.2, 0.25) is 0 Å². The van der Waals surface area contributed by atoms with Crippen LogP contribution in [0.5, 0.6) is 0 Å². The zero-order chi connectivity index (χ0) is 11.6. The van der Waals surface area contributed by atoms with Gasteiger partial charge in [0.15, 0.2) is 5.15 Å². The van der Waals surface area contributed by atoms with Crippen LogP contribution in [-0.4, -0.2) is 15.5 Å². The largest absolute Gasteiger partial charge is 0.344 e. The first kappa shape index (κ1) is 11.9. The van der Waals surface area contributed by atoms with E-state index in [0.29, 0.717) is 10.7 Å². The average Bonchev–Trinajstić information content (AvgIpc) is 2.88. The van der Waals surface area contributed by atoms with Gasteiger partial charge in [0.25, 0.3) is 0 Å². The number of nitrogens with zero attached hydrogens (tertiary/aromatic N) is 1. The fraction of sp³-hybridized carbons (Fsp3) is 0.750. The van der Waals surface area contributed by atoms with E-state index < -0.39 is 0 Å². The van der Waals surface area contributed by atoms with Gasteiger partial charge in [-0.25, -0.2) is 4.98 Å². The summed E-state index contributed by atoms with van der Waals surface area (Å²) in [6.07, 6.45) is 5.87. The number of imidazole rings is 1. The van der Waals surface area contributed by atoms with Crippen LogP contribution in [0.4, 0.5) is 0 Å². The van der Waals surface area contributed by atoms with Crippen LogP contribution < -0.4 is 5.32 Å². The lowest BCUT2D eigenvalue weighted by atomic mass is 10.2. The smallest absolute Gasteiger partial charge is 0.151 e. The van der Waals surface area contributed by atoms with Gasteiger partial charge in [0.05, 0.1) is 5.69 Å². The molecule has 0 aromatic carbocycles. The van der Waals surface area contributed by atoms with E-state index >= 15 is 0 Å². The number of hydrogen-bond acceptors (Lipinski definition) is 2. The predicted molar refractivity (Wildman–Crippen MR) is 66.7 cm³/mol. The molecular weight excluding hydrogens is 222 g/mol. The fourth-order valence-electron chi connectivity index (χ4n) is 1.69. The van der Waals surface area contributed by atoms with E-state index in [1.165, 1.54) is 19.3 Å². The Morgan fingerprint density at radius 3 is 2.88 bits per heavy atom. The molecule has 3 nitrogen and oxygen atoms in total. The Labute approximate surface area is 102 Å². The van der Waals surface area contributed by atoms with Gasteiger partial charge in [-0.05, 0) is 26.2 Å². The van der Waals surface area contributed by atoms with Gasteiger partial charge in [-0.1, -0.05) is 24.9 Å². The van der Waals surface area contributed by atoms with Gasteiger partial charge in [-0.15, -0.1) is 0 Å². The molecule has 0 spiro atoms. The summed E-state index contributed by atoms with van der Waals surface area (Å²) in [5.41, 5.74) is 1.37. The Kier molecular flexibility index (Phi) is 3.55. The van der Waals surface area contributed by atoms with E-state index in [1.54, 1.807) is 0 Å². The molecule has 4 heteroatoms. The minimum atomic E-state index is 0.345. The molecule has 0 bridgehead atoms. The van der Waals surface area contributed by atoms with Gasteiger partial charge < -0.3 is 10.3 Å². The molecule has 0 aliphatic heterocycles. The average molecular weight is 242 g/mol. The minimum absolute atomic E-state index is 0.345. The van der Waals surface area contributed by atoms with Crippen molar-refractivity contribution in [2.75, 3.05) is 0 Å². The monoisotopic (exact) mass is 241 g/mol. The molecule has 1 aromatic heterocycles. The first-order chi connectivity index (χ1) is 7.63. The summed E-state index contributed by atoms with van der Waals surface area (Å²) in [5.74, 6) is 1.02. The molecule has 1 heterocycles. The fourth-order valence-corrected chi connectivity index (χ4v) is 1.90. The number of rotatable bonds is 6. The standard InChI is InChI=1S/C12H20ClN3/c1-3-4-5-10-15-9(11(13)16-10)8-14-12(2)6-7-12/h14H,3-8H2,1-2H3,(H,15,16). The second kappa shape index (κ2) is 4.76. The third-order valence-electron chi connectivity index (χ3n) is 3.24. The van der Waals surface area contributed by atoms with E-state index in [1.807, 2.05) is 0 Å². The molecule has 16 heavy (non-hydrogen) atoms. The summed E-state index contributed by atoms with van der Waals surface area (Å²) in [6.45, 7) is 5.23. The number of nitrogens with one attached hydrogen (secondary N) is 2. The molecule has 0 atom stereocenters.